The third kappa shape index (κ3) is 4.24. The van der Waals surface area contributed by atoms with E-state index in [9.17, 15) is 0 Å². The third-order valence-electron chi connectivity index (χ3n) is 9.75. The number of rotatable bonds is 4. The monoisotopic (exact) mass is 587 g/mol. The van der Waals surface area contributed by atoms with Gasteiger partial charge < -0.3 is 4.57 Å². The molecule has 3 heterocycles. The molecule has 1 aliphatic carbocycles. The van der Waals surface area contributed by atoms with Crippen molar-refractivity contribution in [3.8, 4) is 0 Å². The zero-order valence-corrected chi connectivity index (χ0v) is 25.3. The Morgan fingerprint density at radius 1 is 0.682 bits per heavy atom. The molecular formula is C40H33N3S. The Morgan fingerprint density at radius 3 is 2.16 bits per heavy atom. The maximum absolute atomic E-state index is 5.59. The molecule has 1 aliphatic heterocycles. The molecule has 4 heteroatoms. The van der Waals surface area contributed by atoms with Gasteiger partial charge in [-0.3, -0.25) is 10.3 Å². The summed E-state index contributed by atoms with van der Waals surface area (Å²) in [4.78, 5) is 5.59. The Kier molecular flexibility index (Phi) is 6.24. The van der Waals surface area contributed by atoms with Crippen molar-refractivity contribution < 1.29 is 0 Å². The summed E-state index contributed by atoms with van der Waals surface area (Å²) in [6.45, 7) is 0. The van der Waals surface area contributed by atoms with E-state index >= 15 is 0 Å². The molecule has 0 fully saturated rings. The van der Waals surface area contributed by atoms with Crippen molar-refractivity contribution in [2.24, 2.45) is 10.9 Å². The van der Waals surface area contributed by atoms with Crippen LogP contribution in [0.3, 0.4) is 0 Å². The van der Waals surface area contributed by atoms with Gasteiger partial charge >= 0.3 is 0 Å². The number of aliphatic imine (C=N–C) groups is 1. The van der Waals surface area contributed by atoms with Crippen molar-refractivity contribution in [2.45, 2.75) is 37.5 Å². The van der Waals surface area contributed by atoms with Crippen molar-refractivity contribution in [3.05, 3.63) is 145 Å². The molecule has 5 aromatic carbocycles. The number of benzene rings is 5. The lowest BCUT2D eigenvalue weighted by molar-refractivity contribution is 0.353. The fourth-order valence-electron chi connectivity index (χ4n) is 7.67. The molecule has 9 rings (SSSR count). The first-order valence-electron chi connectivity index (χ1n) is 15.7. The van der Waals surface area contributed by atoms with Gasteiger partial charge in [-0.05, 0) is 42.2 Å². The first-order chi connectivity index (χ1) is 21.8. The Bertz CT molecular complexity index is 2170. The van der Waals surface area contributed by atoms with E-state index in [-0.39, 0.29) is 12.3 Å². The second kappa shape index (κ2) is 10.6. The predicted molar refractivity (Wildman–Crippen MR) is 187 cm³/mol. The Labute approximate surface area is 261 Å². The van der Waals surface area contributed by atoms with Crippen LogP contribution in [0.15, 0.2) is 138 Å². The first kappa shape index (κ1) is 25.9. The van der Waals surface area contributed by atoms with E-state index < -0.39 is 0 Å². The highest BCUT2D eigenvalue weighted by Gasteiger charge is 2.33. The first-order valence-corrected chi connectivity index (χ1v) is 16.6. The van der Waals surface area contributed by atoms with Crippen LogP contribution < -0.4 is 5.32 Å². The number of hydrogen-bond acceptors (Lipinski definition) is 3. The highest BCUT2D eigenvalue weighted by molar-refractivity contribution is 7.26. The fourth-order valence-corrected chi connectivity index (χ4v) is 8.95. The van der Waals surface area contributed by atoms with Crippen LogP contribution in [0.5, 0.6) is 0 Å². The van der Waals surface area contributed by atoms with Crippen LogP contribution in [0.1, 0.15) is 48.6 Å². The van der Waals surface area contributed by atoms with Gasteiger partial charge in [0.15, 0.2) is 6.29 Å². The van der Waals surface area contributed by atoms with E-state index in [0.717, 1.165) is 19.3 Å². The summed E-state index contributed by atoms with van der Waals surface area (Å²) in [6.07, 6.45) is 7.75. The molecule has 0 saturated heterocycles. The SMILES string of the molecule is C1=CC(c2cccc3c2sc2ccccc23)CC(C2=NC(n3c4ccccc4c4ccccc43)NC(c3ccccc3)C2)C1. The van der Waals surface area contributed by atoms with Gasteiger partial charge in [0.1, 0.15) is 0 Å². The number of nitrogens with one attached hydrogen (secondary N) is 1. The number of aromatic nitrogens is 1. The van der Waals surface area contributed by atoms with E-state index in [0.29, 0.717) is 11.8 Å². The second-order valence-corrected chi connectivity index (χ2v) is 13.3. The van der Waals surface area contributed by atoms with Gasteiger partial charge in [-0.2, -0.15) is 0 Å². The predicted octanol–water partition coefficient (Wildman–Crippen LogP) is 10.5. The van der Waals surface area contributed by atoms with Crippen molar-refractivity contribution in [3.63, 3.8) is 0 Å². The Morgan fingerprint density at radius 2 is 1.36 bits per heavy atom. The summed E-state index contributed by atoms with van der Waals surface area (Å²) >= 11 is 1.94. The molecule has 7 aromatic rings. The topological polar surface area (TPSA) is 29.3 Å². The van der Waals surface area contributed by atoms with Gasteiger partial charge in [-0.1, -0.05) is 115 Å². The largest absolute Gasteiger partial charge is 0.305 e. The molecule has 2 aromatic heterocycles. The smallest absolute Gasteiger partial charge is 0.180 e. The zero-order chi connectivity index (χ0) is 29.0. The van der Waals surface area contributed by atoms with E-state index in [1.165, 1.54) is 58.8 Å². The molecule has 4 atom stereocenters. The second-order valence-electron chi connectivity index (χ2n) is 12.3. The van der Waals surface area contributed by atoms with Gasteiger partial charge in [-0.25, -0.2) is 0 Å². The van der Waals surface area contributed by atoms with Crippen LogP contribution >= 0.6 is 11.3 Å². The van der Waals surface area contributed by atoms with Crippen LogP contribution in [-0.4, -0.2) is 10.3 Å². The molecule has 2 aliphatic rings. The minimum absolute atomic E-state index is 0.177. The molecule has 3 nitrogen and oxygen atoms in total. The highest BCUT2D eigenvalue weighted by atomic mass is 32.1. The zero-order valence-electron chi connectivity index (χ0n) is 24.4. The molecule has 0 bridgehead atoms. The van der Waals surface area contributed by atoms with Gasteiger partial charge in [0.05, 0.1) is 11.0 Å². The Hall–Kier alpha value is -4.51. The van der Waals surface area contributed by atoms with Crippen molar-refractivity contribution in [1.29, 1.82) is 0 Å². The van der Waals surface area contributed by atoms with Crippen LogP contribution in [-0.2, 0) is 0 Å². The highest BCUT2D eigenvalue weighted by Crippen LogP contribution is 2.43. The summed E-state index contributed by atoms with van der Waals surface area (Å²) < 4.78 is 5.23. The Balaban J connectivity index is 1.14. The molecule has 1 N–H and O–H groups in total. The molecule has 0 spiro atoms. The molecule has 4 unspecified atom stereocenters. The molecule has 214 valence electrons. The lowest BCUT2D eigenvalue weighted by atomic mass is 9.78. The number of fused-ring (bicyclic) bond motifs is 6. The van der Waals surface area contributed by atoms with Gasteiger partial charge in [0.2, 0.25) is 0 Å². The van der Waals surface area contributed by atoms with Gasteiger partial charge in [-0.15, -0.1) is 11.3 Å². The van der Waals surface area contributed by atoms with Crippen molar-refractivity contribution in [2.75, 3.05) is 0 Å². The molecule has 0 saturated carbocycles. The normalized spacial score (nSPS) is 22.2. The number of allylic oxidation sites excluding steroid dienone is 2. The van der Waals surface area contributed by atoms with Gasteiger partial charge in [0, 0.05) is 61.0 Å². The van der Waals surface area contributed by atoms with Crippen molar-refractivity contribution in [1.82, 2.24) is 9.88 Å². The maximum atomic E-state index is 5.59. The van der Waals surface area contributed by atoms with Crippen LogP contribution in [0, 0.1) is 5.92 Å². The van der Waals surface area contributed by atoms with Crippen LogP contribution in [0.25, 0.3) is 42.0 Å². The molecule has 44 heavy (non-hydrogen) atoms. The summed E-state index contributed by atoms with van der Waals surface area (Å²) in [5, 5.41) is 9.27. The fraction of sp³-hybridized carbons (Fsp3) is 0.175. The number of hydrogen-bond donors (Lipinski definition) is 1. The summed E-state index contributed by atoms with van der Waals surface area (Å²) in [7, 11) is 0. The van der Waals surface area contributed by atoms with E-state index in [1.807, 2.05) is 11.3 Å². The van der Waals surface area contributed by atoms with E-state index in [2.05, 4.69) is 143 Å². The van der Waals surface area contributed by atoms with E-state index in [4.69, 9.17) is 4.99 Å². The summed E-state index contributed by atoms with van der Waals surface area (Å²) in [5.74, 6) is 0.781. The minimum atomic E-state index is -0.177. The van der Waals surface area contributed by atoms with Crippen LogP contribution in [0.4, 0.5) is 0 Å². The number of para-hydroxylation sites is 2. The van der Waals surface area contributed by atoms with E-state index in [1.54, 1.807) is 0 Å². The van der Waals surface area contributed by atoms with Crippen LogP contribution in [0.2, 0.25) is 0 Å². The molecule has 0 radical (unpaired) electrons. The maximum Gasteiger partial charge on any atom is 0.180 e. The average molecular weight is 588 g/mol. The minimum Gasteiger partial charge on any atom is -0.305 e. The summed E-state index contributed by atoms with van der Waals surface area (Å²) in [5.41, 5.74) is 6.56. The summed E-state index contributed by atoms with van der Waals surface area (Å²) in [6, 6.07) is 44.4. The molecule has 0 amide bonds. The standard InChI is InChI=1S/C40H33N3S/c1-2-12-26(13-3-1)34-25-35(42-40(41-34)43-36-21-7-4-16-30(36)31-17-5-8-22-37(31)43)28-15-10-14-27(24-28)29-19-11-20-33-32-18-6-9-23-38(32)44-39(29)33/h1-14,16-23,27-28,34,40-41H,15,24-25H2. The van der Waals surface area contributed by atoms with Gasteiger partial charge in [0.25, 0.3) is 0 Å². The van der Waals surface area contributed by atoms with Crippen molar-refractivity contribution >= 4 is 59.0 Å². The third-order valence-corrected chi connectivity index (χ3v) is 11.0. The quantitative estimate of drug-likeness (QED) is 0.204. The number of nitrogens with zero attached hydrogens (tertiary/aromatic N) is 2. The molecular weight excluding hydrogens is 555 g/mol. The average Bonchev–Trinajstić information content (AvgIpc) is 3.65. The lowest BCUT2D eigenvalue weighted by Gasteiger charge is -2.36. The lowest BCUT2D eigenvalue weighted by Crippen LogP contribution is -2.38. The number of thiophene rings is 1.